The van der Waals surface area contributed by atoms with E-state index in [9.17, 15) is 0 Å². The zero-order valence-electron chi connectivity index (χ0n) is 12.4. The van der Waals surface area contributed by atoms with Gasteiger partial charge in [-0.25, -0.2) is 4.99 Å². The van der Waals surface area contributed by atoms with E-state index in [2.05, 4.69) is 16.4 Å². The van der Waals surface area contributed by atoms with Gasteiger partial charge in [0.25, 0.3) is 6.72 Å². The maximum absolute atomic E-state index is 8.88. The standard InChI is InChI=1S/C16H18N4O2/c1-10-7-11(3-4-12(10)17)20-14-9-16(22-6-5-21)15(19-2)8-13(14)18/h3-4,7-9,21H,2,5-6H2,1H3,(H3,17,18)/p+1. The molecule has 0 fully saturated rings. The van der Waals surface area contributed by atoms with Crippen LogP contribution in [0.15, 0.2) is 46.8 Å². The zero-order chi connectivity index (χ0) is 16.1. The van der Waals surface area contributed by atoms with Crippen molar-refractivity contribution in [2.75, 3.05) is 18.9 Å². The fourth-order valence-corrected chi connectivity index (χ4v) is 1.93. The Morgan fingerprint density at radius 3 is 2.73 bits per heavy atom. The van der Waals surface area contributed by atoms with Gasteiger partial charge in [0, 0.05) is 11.8 Å². The largest absolute Gasteiger partial charge is 0.484 e. The first-order valence-corrected chi connectivity index (χ1v) is 6.77. The summed E-state index contributed by atoms with van der Waals surface area (Å²) in [4.78, 5) is 4.50. The quantitative estimate of drug-likeness (QED) is 0.327. The lowest BCUT2D eigenvalue weighted by molar-refractivity contribution is 0.156. The highest BCUT2D eigenvalue weighted by Crippen LogP contribution is 2.21. The number of aryl methyl sites for hydroxylation is 1. The third kappa shape index (κ3) is 3.44. The number of allylic oxidation sites excluding steroid dienone is 2. The summed E-state index contributed by atoms with van der Waals surface area (Å²) in [5.41, 5.74) is 15.7. The van der Waals surface area contributed by atoms with Crippen molar-refractivity contribution >= 4 is 29.5 Å². The van der Waals surface area contributed by atoms with Crippen LogP contribution in [0.4, 0.5) is 11.4 Å². The molecule has 0 aliphatic heterocycles. The second kappa shape index (κ2) is 6.76. The van der Waals surface area contributed by atoms with Crippen molar-refractivity contribution in [3.8, 4) is 0 Å². The predicted molar refractivity (Wildman–Crippen MR) is 90.3 cm³/mol. The third-order valence-electron chi connectivity index (χ3n) is 3.13. The van der Waals surface area contributed by atoms with Crippen LogP contribution in [-0.4, -0.2) is 36.5 Å². The fourth-order valence-electron chi connectivity index (χ4n) is 1.93. The Kier molecular flexibility index (Phi) is 4.78. The monoisotopic (exact) mass is 299 g/mol. The van der Waals surface area contributed by atoms with E-state index in [1.54, 1.807) is 18.2 Å². The maximum atomic E-state index is 8.88. The van der Waals surface area contributed by atoms with E-state index in [0.29, 0.717) is 28.6 Å². The molecule has 1 aliphatic rings. The zero-order valence-corrected chi connectivity index (χ0v) is 12.4. The minimum Gasteiger partial charge on any atom is -0.484 e. The van der Waals surface area contributed by atoms with Gasteiger partial charge in [-0.1, -0.05) is 4.67 Å². The first-order chi connectivity index (χ1) is 10.5. The molecule has 1 aromatic rings. The second-order valence-electron chi connectivity index (χ2n) is 4.76. The van der Waals surface area contributed by atoms with Crippen LogP contribution in [-0.2, 0) is 4.74 Å². The van der Waals surface area contributed by atoms with Gasteiger partial charge in [-0.15, -0.1) is 0 Å². The topological polar surface area (TPSA) is 108 Å². The first kappa shape index (κ1) is 15.6. The maximum Gasteiger partial charge on any atom is 0.369 e. The highest BCUT2D eigenvalue weighted by atomic mass is 16.5. The smallest absolute Gasteiger partial charge is 0.369 e. The van der Waals surface area contributed by atoms with Crippen molar-refractivity contribution < 1.29 is 9.84 Å². The summed E-state index contributed by atoms with van der Waals surface area (Å²) >= 11 is 0. The molecule has 114 valence electrons. The average Bonchev–Trinajstić information content (AvgIpc) is 2.51. The molecule has 0 unspecified atom stereocenters. The lowest BCUT2D eigenvalue weighted by atomic mass is 10.1. The average molecular weight is 299 g/mol. The van der Waals surface area contributed by atoms with E-state index in [1.807, 2.05) is 19.1 Å². The molecule has 5 N–H and O–H groups in total. The number of nitrogens with two attached hydrogens (primary N) is 2. The molecule has 0 radical (unpaired) electrons. The Balaban J connectivity index is 2.39. The van der Waals surface area contributed by atoms with Crippen molar-refractivity contribution in [2.24, 2.45) is 10.7 Å². The summed E-state index contributed by atoms with van der Waals surface area (Å²) < 4.78 is 9.30. The molecule has 22 heavy (non-hydrogen) atoms. The molecule has 0 saturated heterocycles. The Hall–Kier alpha value is -2.82. The van der Waals surface area contributed by atoms with Gasteiger partial charge in [-0.05, 0) is 30.7 Å². The van der Waals surface area contributed by atoms with E-state index >= 15 is 0 Å². The molecule has 0 bridgehead atoms. The van der Waals surface area contributed by atoms with E-state index in [-0.39, 0.29) is 13.2 Å². The van der Waals surface area contributed by atoms with Gasteiger partial charge in [0.1, 0.15) is 6.61 Å². The summed E-state index contributed by atoms with van der Waals surface area (Å²) in [6.07, 6.45) is 3.32. The van der Waals surface area contributed by atoms with Gasteiger partial charge in [0.05, 0.1) is 29.8 Å². The number of aliphatic imine (C=N–C) groups is 1. The lowest BCUT2D eigenvalue weighted by Gasteiger charge is -2.11. The summed E-state index contributed by atoms with van der Waals surface area (Å²) in [7, 11) is 0. The van der Waals surface area contributed by atoms with E-state index < -0.39 is 0 Å². The van der Waals surface area contributed by atoms with Crippen LogP contribution in [0.25, 0.3) is 0 Å². The molecule has 6 nitrogen and oxygen atoms in total. The molecule has 0 aromatic heterocycles. The number of aliphatic hydroxyl groups excluding tert-OH is 1. The minimum absolute atomic E-state index is 0.0927. The number of benzene rings is 1. The van der Waals surface area contributed by atoms with Gasteiger partial charge in [0.2, 0.25) is 5.76 Å². The molecule has 0 amide bonds. The molecule has 0 atom stereocenters. The number of hydrogen-bond donors (Lipinski definition) is 3. The molecule has 1 aromatic carbocycles. The molecule has 6 heteroatoms. The number of anilines is 1. The normalized spacial score (nSPS) is 16.1. The summed E-state index contributed by atoms with van der Waals surface area (Å²) in [5.74, 6) is 0.476. The SMILES string of the molecule is C=[N+]=C1C=C(N)C(=Nc2ccc(N)c(C)c2)C=C1OCCO. The van der Waals surface area contributed by atoms with Crippen LogP contribution in [0.2, 0.25) is 0 Å². The van der Waals surface area contributed by atoms with Gasteiger partial charge in [-0.3, -0.25) is 0 Å². The third-order valence-corrected chi connectivity index (χ3v) is 3.13. The van der Waals surface area contributed by atoms with Gasteiger partial charge in [-0.2, -0.15) is 0 Å². The van der Waals surface area contributed by atoms with Crippen molar-refractivity contribution in [3.63, 3.8) is 0 Å². The number of nitrogens with zero attached hydrogens (tertiary/aromatic N) is 2. The van der Waals surface area contributed by atoms with Gasteiger partial charge in [0.15, 0.2) is 0 Å². The number of nitrogen functional groups attached to an aromatic ring is 1. The highest BCUT2D eigenvalue weighted by molar-refractivity contribution is 6.22. The number of hydrogen-bond acceptors (Lipinski definition) is 5. The van der Waals surface area contributed by atoms with Crippen molar-refractivity contribution in [3.05, 3.63) is 47.4 Å². The predicted octanol–water partition coefficient (Wildman–Crippen LogP) is 0.608. The second-order valence-corrected chi connectivity index (χ2v) is 4.76. The molecule has 2 rings (SSSR count). The summed E-state index contributed by atoms with van der Waals surface area (Å²) in [6, 6.07) is 5.49. The number of ether oxygens (including phenoxy) is 1. The Morgan fingerprint density at radius 2 is 2.09 bits per heavy atom. The Labute approximate surface area is 128 Å². The number of rotatable bonds is 4. The molecular weight excluding hydrogens is 280 g/mol. The van der Waals surface area contributed by atoms with Crippen LogP contribution in [0, 0.1) is 6.92 Å². The van der Waals surface area contributed by atoms with Crippen molar-refractivity contribution in [1.82, 2.24) is 4.67 Å². The van der Waals surface area contributed by atoms with Gasteiger partial charge < -0.3 is 21.3 Å². The summed E-state index contributed by atoms with van der Waals surface area (Å²) in [6.45, 7) is 5.46. The molecule has 0 heterocycles. The van der Waals surface area contributed by atoms with Gasteiger partial charge >= 0.3 is 5.71 Å². The lowest BCUT2D eigenvalue weighted by Crippen LogP contribution is -2.22. The van der Waals surface area contributed by atoms with Crippen LogP contribution in [0.3, 0.4) is 0 Å². The van der Waals surface area contributed by atoms with Crippen molar-refractivity contribution in [1.29, 1.82) is 0 Å². The van der Waals surface area contributed by atoms with Crippen LogP contribution in [0.5, 0.6) is 0 Å². The molecule has 1 aliphatic carbocycles. The van der Waals surface area contributed by atoms with Crippen LogP contribution < -0.4 is 16.1 Å². The van der Waals surface area contributed by atoms with E-state index in [0.717, 1.165) is 11.3 Å². The first-order valence-electron chi connectivity index (χ1n) is 6.77. The Morgan fingerprint density at radius 1 is 1.32 bits per heavy atom. The molecule has 0 saturated carbocycles. The summed E-state index contributed by atoms with van der Waals surface area (Å²) in [5, 5.41) is 8.88. The van der Waals surface area contributed by atoms with Crippen LogP contribution in [0.1, 0.15) is 5.56 Å². The number of aliphatic hydroxyl groups is 1. The molecule has 0 spiro atoms. The van der Waals surface area contributed by atoms with E-state index in [1.165, 1.54) is 0 Å². The highest BCUT2D eigenvalue weighted by Gasteiger charge is 2.23. The Bertz CT molecular complexity index is 726. The van der Waals surface area contributed by atoms with Crippen molar-refractivity contribution in [2.45, 2.75) is 6.92 Å². The molecular formula is C16H19N4O2+. The fraction of sp³-hybridized carbons (Fsp3) is 0.188. The minimum atomic E-state index is -0.0927. The van der Waals surface area contributed by atoms with Crippen LogP contribution >= 0.6 is 0 Å². The van der Waals surface area contributed by atoms with E-state index in [4.69, 9.17) is 21.3 Å².